The van der Waals surface area contributed by atoms with Gasteiger partial charge in [0, 0.05) is 12.2 Å². The summed E-state index contributed by atoms with van der Waals surface area (Å²) in [5.74, 6) is 1.92. The van der Waals surface area contributed by atoms with E-state index in [1.807, 2.05) is 24.3 Å². The summed E-state index contributed by atoms with van der Waals surface area (Å²) in [6.45, 7) is 10.1. The van der Waals surface area contributed by atoms with E-state index in [1.54, 1.807) is 18.2 Å². The minimum Gasteiger partial charge on any atom is -0.497 e. The Hall–Kier alpha value is -2.49. The van der Waals surface area contributed by atoms with Crippen LogP contribution >= 0.6 is 0 Å². The number of rotatable bonds is 5. The van der Waals surface area contributed by atoms with Crippen molar-refractivity contribution in [2.24, 2.45) is 11.3 Å². The van der Waals surface area contributed by atoms with Crippen LogP contribution in [0.2, 0.25) is 0 Å². The van der Waals surface area contributed by atoms with Crippen LogP contribution in [0.15, 0.2) is 42.5 Å². The molecule has 0 bridgehead atoms. The summed E-state index contributed by atoms with van der Waals surface area (Å²) in [5.41, 5.74) is 5.59. The minimum absolute atomic E-state index is 0.0959. The lowest BCUT2D eigenvalue weighted by atomic mass is 9.49. The molecule has 2 aliphatic carbocycles. The second-order valence-electron chi connectivity index (χ2n) is 10.6. The molecule has 2 aliphatic rings. The number of fused-ring (bicyclic) bond motifs is 3. The molecule has 1 fully saturated rings. The molecule has 2 N–H and O–H groups in total. The highest BCUT2D eigenvalue weighted by molar-refractivity contribution is 5.89. The number of hydrogen-bond donors (Lipinski definition) is 2. The van der Waals surface area contributed by atoms with Crippen molar-refractivity contribution in [2.75, 3.05) is 19.0 Å². The SMILES string of the molecule is COc1ccc(NC(=O)NC[C@]2(C)CCC[C@]3(C)c4ccc(C(C)C)cc4CCC23)cc1. The average Bonchev–Trinajstić information content (AvgIpc) is 2.78. The van der Waals surface area contributed by atoms with Crippen LogP contribution in [0.1, 0.15) is 76.0 Å². The molecular weight excluding hydrogens is 396 g/mol. The van der Waals surface area contributed by atoms with Crippen LogP contribution < -0.4 is 15.4 Å². The monoisotopic (exact) mass is 434 g/mol. The van der Waals surface area contributed by atoms with E-state index in [0.29, 0.717) is 18.4 Å². The van der Waals surface area contributed by atoms with Crippen molar-refractivity contribution in [1.29, 1.82) is 0 Å². The van der Waals surface area contributed by atoms with Gasteiger partial charge in [0.15, 0.2) is 0 Å². The van der Waals surface area contributed by atoms with Gasteiger partial charge < -0.3 is 15.4 Å². The number of urea groups is 1. The van der Waals surface area contributed by atoms with Gasteiger partial charge in [-0.05, 0) is 89.3 Å². The fraction of sp³-hybridized carbons (Fsp3) is 0.536. The van der Waals surface area contributed by atoms with Gasteiger partial charge in [-0.15, -0.1) is 0 Å². The van der Waals surface area contributed by atoms with Gasteiger partial charge in [-0.25, -0.2) is 4.79 Å². The summed E-state index contributed by atoms with van der Waals surface area (Å²) in [5, 5.41) is 6.15. The van der Waals surface area contributed by atoms with Crippen LogP contribution in [-0.2, 0) is 11.8 Å². The Balaban J connectivity index is 1.47. The summed E-state index contributed by atoms with van der Waals surface area (Å²) >= 11 is 0. The van der Waals surface area contributed by atoms with E-state index in [1.165, 1.54) is 24.8 Å². The van der Waals surface area contributed by atoms with Crippen molar-refractivity contribution in [3.05, 3.63) is 59.2 Å². The molecule has 4 rings (SSSR count). The number of amides is 2. The van der Waals surface area contributed by atoms with Crippen LogP contribution in [0.5, 0.6) is 5.75 Å². The Morgan fingerprint density at radius 2 is 1.88 bits per heavy atom. The van der Waals surface area contributed by atoms with E-state index in [4.69, 9.17) is 4.74 Å². The van der Waals surface area contributed by atoms with Gasteiger partial charge >= 0.3 is 6.03 Å². The molecule has 172 valence electrons. The largest absolute Gasteiger partial charge is 0.497 e. The highest BCUT2D eigenvalue weighted by Gasteiger charge is 2.51. The molecular formula is C28H38N2O2. The van der Waals surface area contributed by atoms with Gasteiger partial charge in [-0.3, -0.25) is 0 Å². The molecule has 0 spiro atoms. The first-order valence-corrected chi connectivity index (χ1v) is 12.1. The number of hydrogen-bond acceptors (Lipinski definition) is 2. The Morgan fingerprint density at radius 3 is 2.56 bits per heavy atom. The molecule has 0 saturated heterocycles. The van der Waals surface area contributed by atoms with E-state index in [2.05, 4.69) is 56.5 Å². The third-order valence-corrected chi connectivity index (χ3v) is 8.17. The number of carbonyl (C=O) groups is 1. The van der Waals surface area contributed by atoms with E-state index in [0.717, 1.165) is 24.3 Å². The lowest BCUT2D eigenvalue weighted by Crippen LogP contribution is -2.53. The van der Waals surface area contributed by atoms with Crippen LogP contribution in [0, 0.1) is 11.3 Å². The molecule has 0 aromatic heterocycles. The first kappa shape index (κ1) is 22.7. The number of anilines is 1. The molecule has 0 heterocycles. The smallest absolute Gasteiger partial charge is 0.319 e. The number of ether oxygens (including phenoxy) is 1. The molecule has 2 aromatic rings. The molecule has 0 aliphatic heterocycles. The Labute approximate surface area is 193 Å². The molecule has 4 nitrogen and oxygen atoms in total. The molecule has 2 aromatic carbocycles. The Kier molecular flexibility index (Phi) is 6.24. The average molecular weight is 435 g/mol. The molecule has 4 heteroatoms. The first-order chi connectivity index (χ1) is 15.2. The topological polar surface area (TPSA) is 50.4 Å². The Morgan fingerprint density at radius 1 is 1.12 bits per heavy atom. The van der Waals surface area contributed by atoms with Gasteiger partial charge in [0.2, 0.25) is 0 Å². The van der Waals surface area contributed by atoms with Crippen LogP contribution in [0.3, 0.4) is 0 Å². The van der Waals surface area contributed by atoms with E-state index in [-0.39, 0.29) is 16.9 Å². The zero-order chi connectivity index (χ0) is 22.9. The highest BCUT2D eigenvalue weighted by Crippen LogP contribution is 2.57. The van der Waals surface area contributed by atoms with E-state index >= 15 is 0 Å². The quantitative estimate of drug-likeness (QED) is 0.553. The lowest BCUT2D eigenvalue weighted by Gasteiger charge is -2.55. The summed E-state index contributed by atoms with van der Waals surface area (Å²) in [4.78, 5) is 12.6. The summed E-state index contributed by atoms with van der Waals surface area (Å²) < 4.78 is 5.19. The zero-order valence-electron chi connectivity index (χ0n) is 20.3. The molecule has 3 atom stereocenters. The summed E-state index contributed by atoms with van der Waals surface area (Å²) in [6.07, 6.45) is 5.94. The number of methoxy groups -OCH3 is 1. The molecule has 1 unspecified atom stereocenters. The van der Waals surface area contributed by atoms with Gasteiger partial charge in [-0.1, -0.05) is 52.3 Å². The third kappa shape index (κ3) is 4.24. The van der Waals surface area contributed by atoms with Crippen molar-refractivity contribution >= 4 is 11.7 Å². The minimum atomic E-state index is -0.138. The second kappa shape index (κ2) is 8.80. The van der Waals surface area contributed by atoms with Crippen molar-refractivity contribution in [2.45, 2.75) is 71.1 Å². The maximum absolute atomic E-state index is 12.6. The van der Waals surface area contributed by atoms with Crippen LogP contribution in [0.25, 0.3) is 0 Å². The van der Waals surface area contributed by atoms with E-state index < -0.39 is 0 Å². The predicted molar refractivity (Wildman–Crippen MR) is 132 cm³/mol. The van der Waals surface area contributed by atoms with Gasteiger partial charge in [0.25, 0.3) is 0 Å². The highest BCUT2D eigenvalue weighted by atomic mass is 16.5. The summed E-state index contributed by atoms with van der Waals surface area (Å²) in [7, 11) is 1.64. The number of nitrogens with one attached hydrogen (secondary N) is 2. The third-order valence-electron chi connectivity index (χ3n) is 8.17. The van der Waals surface area contributed by atoms with Crippen LogP contribution in [0.4, 0.5) is 10.5 Å². The first-order valence-electron chi connectivity index (χ1n) is 12.1. The number of carbonyl (C=O) groups excluding carboxylic acids is 1. The normalized spacial score (nSPS) is 26.8. The standard InChI is InChI=1S/C28H38N2O2/c1-19(2)20-7-13-24-21(17-20)8-14-25-27(3,15-6-16-28(24,25)4)18-29-26(31)30-22-9-11-23(32-5)12-10-22/h7,9-13,17,19,25H,6,8,14-16,18H2,1-5H3,(H2,29,30,31)/t25?,27-,28+/m0/s1. The zero-order valence-corrected chi connectivity index (χ0v) is 20.3. The van der Waals surface area contributed by atoms with Crippen molar-refractivity contribution in [1.82, 2.24) is 5.32 Å². The number of aryl methyl sites for hydroxylation is 1. The van der Waals surface area contributed by atoms with Crippen LogP contribution in [-0.4, -0.2) is 19.7 Å². The van der Waals surface area contributed by atoms with Gasteiger partial charge in [0.1, 0.15) is 5.75 Å². The second-order valence-corrected chi connectivity index (χ2v) is 10.6. The predicted octanol–water partition coefficient (Wildman–Crippen LogP) is 6.65. The summed E-state index contributed by atoms with van der Waals surface area (Å²) in [6, 6.07) is 14.5. The van der Waals surface area contributed by atoms with Gasteiger partial charge in [-0.2, -0.15) is 0 Å². The maximum Gasteiger partial charge on any atom is 0.319 e. The fourth-order valence-electron chi connectivity index (χ4n) is 6.35. The number of benzene rings is 2. The molecule has 2 amide bonds. The molecule has 1 saturated carbocycles. The lowest BCUT2D eigenvalue weighted by molar-refractivity contribution is 0.0281. The van der Waals surface area contributed by atoms with E-state index in [9.17, 15) is 4.79 Å². The van der Waals surface area contributed by atoms with Crippen molar-refractivity contribution in [3.63, 3.8) is 0 Å². The molecule has 0 radical (unpaired) electrons. The maximum atomic E-state index is 12.6. The van der Waals surface area contributed by atoms with Crippen molar-refractivity contribution < 1.29 is 9.53 Å². The van der Waals surface area contributed by atoms with Gasteiger partial charge in [0.05, 0.1) is 7.11 Å². The molecule has 32 heavy (non-hydrogen) atoms. The Bertz CT molecular complexity index is 968. The van der Waals surface area contributed by atoms with Crippen molar-refractivity contribution in [3.8, 4) is 5.75 Å². The fourth-order valence-corrected chi connectivity index (χ4v) is 6.35.